The fourth-order valence-electron chi connectivity index (χ4n) is 2.77. The monoisotopic (exact) mass is 294 g/mol. The van der Waals surface area contributed by atoms with E-state index in [2.05, 4.69) is 28.9 Å². The van der Waals surface area contributed by atoms with Crippen LogP contribution in [-0.2, 0) is 0 Å². The van der Waals surface area contributed by atoms with E-state index in [9.17, 15) is 10.1 Å². The van der Waals surface area contributed by atoms with Crippen LogP contribution in [0.25, 0.3) is 0 Å². The number of nitrogens with zero attached hydrogens (tertiary/aromatic N) is 4. The van der Waals surface area contributed by atoms with E-state index in [1.165, 1.54) is 7.11 Å². The van der Waals surface area contributed by atoms with Crippen LogP contribution in [0.2, 0.25) is 0 Å². The lowest BCUT2D eigenvalue weighted by atomic mass is 10.0. The van der Waals surface area contributed by atoms with Gasteiger partial charge in [-0.1, -0.05) is 0 Å². The lowest BCUT2D eigenvalue weighted by Gasteiger charge is -2.36. The van der Waals surface area contributed by atoms with Gasteiger partial charge in [-0.15, -0.1) is 0 Å². The Morgan fingerprint density at radius 2 is 2.05 bits per heavy atom. The van der Waals surface area contributed by atoms with Gasteiger partial charge in [0.25, 0.3) is 5.88 Å². The van der Waals surface area contributed by atoms with Gasteiger partial charge in [0, 0.05) is 25.2 Å². The van der Waals surface area contributed by atoms with Crippen LogP contribution in [0.4, 0.5) is 11.5 Å². The lowest BCUT2D eigenvalue weighted by Crippen LogP contribution is -2.42. The number of pyridine rings is 1. The normalized spacial score (nSPS) is 16.3. The van der Waals surface area contributed by atoms with Gasteiger partial charge < -0.3 is 14.5 Å². The average Bonchev–Trinajstić information content (AvgIpc) is 2.47. The van der Waals surface area contributed by atoms with Crippen molar-refractivity contribution in [3.05, 3.63) is 21.7 Å². The minimum absolute atomic E-state index is 0.0790. The zero-order valence-electron chi connectivity index (χ0n) is 13.0. The van der Waals surface area contributed by atoms with Crippen molar-refractivity contribution in [2.24, 2.45) is 0 Å². The number of anilines is 1. The summed E-state index contributed by atoms with van der Waals surface area (Å²) in [4.78, 5) is 19.3. The molecule has 21 heavy (non-hydrogen) atoms. The molecule has 0 bridgehead atoms. The van der Waals surface area contributed by atoms with Crippen LogP contribution in [-0.4, -0.2) is 55.1 Å². The van der Waals surface area contributed by atoms with Crippen LogP contribution in [0.5, 0.6) is 5.88 Å². The highest BCUT2D eigenvalue weighted by Gasteiger charge is 2.26. The van der Waals surface area contributed by atoms with Crippen LogP contribution in [0.3, 0.4) is 0 Å². The molecule has 0 atom stereocenters. The summed E-state index contributed by atoms with van der Waals surface area (Å²) in [5.41, 5.74) is 0.729. The minimum atomic E-state index is -0.457. The Labute approximate surface area is 124 Å². The maximum Gasteiger partial charge on any atom is 0.331 e. The Morgan fingerprint density at radius 1 is 1.43 bits per heavy atom. The summed E-state index contributed by atoms with van der Waals surface area (Å²) in [7, 11) is 5.60. The highest BCUT2D eigenvalue weighted by atomic mass is 16.6. The zero-order valence-corrected chi connectivity index (χ0v) is 13.0. The largest absolute Gasteiger partial charge is 0.476 e. The smallest absolute Gasteiger partial charge is 0.331 e. The van der Waals surface area contributed by atoms with E-state index in [0.717, 1.165) is 37.3 Å². The van der Waals surface area contributed by atoms with Crippen LogP contribution in [0.15, 0.2) is 6.07 Å². The first-order chi connectivity index (χ1) is 9.93. The summed E-state index contributed by atoms with van der Waals surface area (Å²) in [5.74, 6) is 0.866. The predicted octanol–water partition coefficient (Wildman–Crippen LogP) is 1.84. The number of ether oxygens (including phenoxy) is 1. The van der Waals surface area contributed by atoms with E-state index in [0.29, 0.717) is 6.04 Å². The fraction of sp³-hybridized carbons (Fsp3) is 0.643. The van der Waals surface area contributed by atoms with Crippen molar-refractivity contribution >= 4 is 11.5 Å². The number of hydrogen-bond donors (Lipinski definition) is 0. The molecule has 116 valence electrons. The predicted molar refractivity (Wildman–Crippen MR) is 81.1 cm³/mol. The van der Waals surface area contributed by atoms with Crippen molar-refractivity contribution in [1.82, 2.24) is 9.88 Å². The summed E-state index contributed by atoms with van der Waals surface area (Å²) in [5, 5.41) is 11.0. The van der Waals surface area contributed by atoms with E-state index in [1.807, 2.05) is 6.92 Å². The summed E-state index contributed by atoms with van der Waals surface area (Å²) >= 11 is 0. The molecular weight excluding hydrogens is 272 g/mol. The van der Waals surface area contributed by atoms with E-state index < -0.39 is 4.92 Å². The van der Waals surface area contributed by atoms with E-state index >= 15 is 0 Å². The molecule has 0 N–H and O–H groups in total. The maximum atomic E-state index is 11.0. The lowest BCUT2D eigenvalue weighted by molar-refractivity contribution is -0.386. The standard InChI is InChI=1S/C14H22N4O3/c1-10-9-12(18(19)20)14(21-4)15-13(10)17-7-5-11(6-8-17)16(2)3/h9,11H,5-8H2,1-4H3. The molecule has 1 aliphatic rings. The highest BCUT2D eigenvalue weighted by molar-refractivity contribution is 5.56. The van der Waals surface area contributed by atoms with Gasteiger partial charge in [-0.2, -0.15) is 4.98 Å². The van der Waals surface area contributed by atoms with Gasteiger partial charge >= 0.3 is 5.69 Å². The molecule has 2 rings (SSSR count). The molecular formula is C14H22N4O3. The third kappa shape index (κ3) is 3.24. The molecule has 1 aromatic heterocycles. The van der Waals surface area contributed by atoms with Crippen LogP contribution < -0.4 is 9.64 Å². The van der Waals surface area contributed by atoms with Crippen molar-refractivity contribution in [3.63, 3.8) is 0 Å². The molecule has 0 saturated carbocycles. The number of hydrogen-bond acceptors (Lipinski definition) is 6. The van der Waals surface area contributed by atoms with Crippen molar-refractivity contribution < 1.29 is 9.66 Å². The second-order valence-corrected chi connectivity index (χ2v) is 5.60. The Morgan fingerprint density at radius 3 is 2.52 bits per heavy atom. The van der Waals surface area contributed by atoms with Crippen molar-refractivity contribution in [1.29, 1.82) is 0 Å². The highest BCUT2D eigenvalue weighted by Crippen LogP contribution is 2.32. The number of piperidine rings is 1. The topological polar surface area (TPSA) is 71.7 Å². The van der Waals surface area contributed by atoms with E-state index in [1.54, 1.807) is 6.07 Å². The molecule has 1 aromatic rings. The first-order valence-electron chi connectivity index (χ1n) is 7.05. The number of aryl methyl sites for hydroxylation is 1. The Hall–Kier alpha value is -1.89. The zero-order chi connectivity index (χ0) is 15.6. The third-order valence-electron chi connectivity index (χ3n) is 4.02. The molecule has 0 spiro atoms. The first-order valence-corrected chi connectivity index (χ1v) is 7.05. The Bertz CT molecular complexity index is 525. The molecule has 7 heteroatoms. The Kier molecular flexibility index (Phi) is 4.62. The van der Waals surface area contributed by atoms with Gasteiger partial charge in [0.05, 0.1) is 12.0 Å². The maximum absolute atomic E-state index is 11.0. The van der Waals surface area contributed by atoms with Crippen molar-refractivity contribution in [3.8, 4) is 5.88 Å². The van der Waals surface area contributed by atoms with Crippen LogP contribution in [0, 0.1) is 17.0 Å². The minimum Gasteiger partial charge on any atom is -0.476 e. The van der Waals surface area contributed by atoms with Crippen molar-refractivity contribution in [2.75, 3.05) is 39.2 Å². The molecule has 1 fully saturated rings. The van der Waals surface area contributed by atoms with E-state index in [-0.39, 0.29) is 11.6 Å². The number of aromatic nitrogens is 1. The number of nitro groups is 1. The SMILES string of the molecule is COc1nc(N2CCC(N(C)C)CC2)c(C)cc1[N+](=O)[O-]. The summed E-state index contributed by atoms with van der Waals surface area (Å²) in [6.45, 7) is 3.65. The van der Waals surface area contributed by atoms with Gasteiger partial charge in [-0.3, -0.25) is 10.1 Å². The number of methoxy groups -OCH3 is 1. The Balaban J connectivity index is 2.23. The van der Waals surface area contributed by atoms with Crippen molar-refractivity contribution in [2.45, 2.75) is 25.8 Å². The van der Waals surface area contributed by atoms with Gasteiger partial charge in [-0.05, 0) is 39.4 Å². The van der Waals surface area contributed by atoms with Crippen LogP contribution >= 0.6 is 0 Å². The second-order valence-electron chi connectivity index (χ2n) is 5.60. The second kappa shape index (κ2) is 6.26. The van der Waals surface area contributed by atoms with Gasteiger partial charge in [0.1, 0.15) is 5.82 Å². The molecule has 0 aliphatic carbocycles. The molecule has 1 saturated heterocycles. The van der Waals surface area contributed by atoms with Crippen LogP contribution in [0.1, 0.15) is 18.4 Å². The third-order valence-corrected chi connectivity index (χ3v) is 4.02. The fourth-order valence-corrected chi connectivity index (χ4v) is 2.77. The molecule has 2 heterocycles. The molecule has 0 radical (unpaired) electrons. The number of rotatable bonds is 4. The van der Waals surface area contributed by atoms with E-state index in [4.69, 9.17) is 4.74 Å². The summed E-state index contributed by atoms with van der Waals surface area (Å²) in [6.07, 6.45) is 2.13. The van der Waals surface area contributed by atoms with Gasteiger partial charge in [0.2, 0.25) is 0 Å². The molecule has 0 aromatic carbocycles. The van der Waals surface area contributed by atoms with Gasteiger partial charge in [0.15, 0.2) is 0 Å². The molecule has 1 aliphatic heterocycles. The average molecular weight is 294 g/mol. The molecule has 7 nitrogen and oxygen atoms in total. The molecule has 0 amide bonds. The molecule has 0 unspecified atom stereocenters. The summed E-state index contributed by atoms with van der Waals surface area (Å²) < 4.78 is 5.06. The first kappa shape index (κ1) is 15.5. The quantitative estimate of drug-likeness (QED) is 0.623. The summed E-state index contributed by atoms with van der Waals surface area (Å²) in [6, 6.07) is 2.13. The van der Waals surface area contributed by atoms with Gasteiger partial charge in [-0.25, -0.2) is 0 Å².